The van der Waals surface area contributed by atoms with Crippen molar-refractivity contribution in [2.24, 2.45) is 0 Å². The van der Waals surface area contributed by atoms with E-state index in [-0.39, 0.29) is 5.78 Å². The minimum absolute atomic E-state index is 0.121. The van der Waals surface area contributed by atoms with Crippen molar-refractivity contribution in [2.75, 3.05) is 0 Å². The van der Waals surface area contributed by atoms with Gasteiger partial charge in [-0.2, -0.15) is 0 Å². The Morgan fingerprint density at radius 1 is 1.32 bits per heavy atom. The largest absolute Gasteiger partial charge is 0.343 e. The zero-order valence-corrected chi connectivity index (χ0v) is 14.5. The fourth-order valence-electron chi connectivity index (χ4n) is 2.73. The van der Waals surface area contributed by atoms with Gasteiger partial charge in [0, 0.05) is 41.1 Å². The van der Waals surface area contributed by atoms with Gasteiger partial charge in [-0.1, -0.05) is 54.6 Å². The number of carbonyl (C=O) groups excluding carboxylic acids is 1. The average Bonchev–Trinajstić information content (AvgIpc) is 3.23. The first-order chi connectivity index (χ1) is 12.1. The Morgan fingerprint density at radius 2 is 2.12 bits per heavy atom. The van der Waals surface area contributed by atoms with Crippen molar-refractivity contribution in [2.45, 2.75) is 13.0 Å². The second-order valence-corrected chi connectivity index (χ2v) is 6.24. The smallest absolute Gasteiger partial charge is 0.230 e. The monoisotopic (exact) mass is 351 g/mol. The molecule has 3 aromatic rings. The van der Waals surface area contributed by atoms with Gasteiger partial charge < -0.3 is 9.55 Å². The van der Waals surface area contributed by atoms with Crippen LogP contribution < -0.4 is 0 Å². The second kappa shape index (κ2) is 7.36. The quantitative estimate of drug-likeness (QED) is 0.376. The van der Waals surface area contributed by atoms with E-state index in [1.807, 2.05) is 41.1 Å². The topological polar surface area (TPSA) is 50.7 Å². The van der Waals surface area contributed by atoms with Gasteiger partial charge in [-0.15, -0.1) is 0 Å². The maximum Gasteiger partial charge on any atom is 0.230 e. The number of imidazole rings is 1. The molecule has 126 valence electrons. The number of rotatable bonds is 7. The number of nitrogens with one attached hydrogen (secondary N) is 1. The van der Waals surface area contributed by atoms with Crippen LogP contribution in [0.15, 0.2) is 78.8 Å². The number of hydrogen-bond donors (Lipinski definition) is 1. The van der Waals surface area contributed by atoms with Crippen LogP contribution in [-0.2, 0) is 6.54 Å². The van der Waals surface area contributed by atoms with Crippen molar-refractivity contribution in [3.05, 3.63) is 90.2 Å². The molecule has 5 heteroatoms. The van der Waals surface area contributed by atoms with E-state index in [9.17, 15) is 4.79 Å². The fourth-order valence-corrected chi connectivity index (χ4v) is 2.82. The molecular formula is C20H18ClN3O. The SMILES string of the molecule is C=C(Cl)/C=C\CC(=C)Cn1cc(C(=O)c2ncc[nH]2)c2ccccc21. The molecule has 0 saturated carbocycles. The van der Waals surface area contributed by atoms with Gasteiger partial charge >= 0.3 is 0 Å². The summed E-state index contributed by atoms with van der Waals surface area (Å²) in [4.78, 5) is 19.6. The predicted octanol–water partition coefficient (Wildman–Crippen LogP) is 4.85. The number of halogens is 1. The molecule has 1 aromatic carbocycles. The summed E-state index contributed by atoms with van der Waals surface area (Å²) in [5.41, 5.74) is 2.62. The van der Waals surface area contributed by atoms with Gasteiger partial charge in [0.2, 0.25) is 5.78 Å². The van der Waals surface area contributed by atoms with Gasteiger partial charge in [0.15, 0.2) is 5.82 Å². The number of carbonyl (C=O) groups is 1. The normalized spacial score (nSPS) is 11.2. The number of H-pyrrole nitrogens is 1. The van der Waals surface area contributed by atoms with Crippen molar-refractivity contribution < 1.29 is 4.79 Å². The van der Waals surface area contributed by atoms with Crippen LogP contribution in [0.5, 0.6) is 0 Å². The summed E-state index contributed by atoms with van der Waals surface area (Å²) in [6, 6.07) is 7.83. The Kier molecular flexibility index (Phi) is 5.00. The number of hydrogen-bond acceptors (Lipinski definition) is 2. The lowest BCUT2D eigenvalue weighted by Gasteiger charge is -2.06. The van der Waals surface area contributed by atoms with Crippen LogP contribution >= 0.6 is 11.6 Å². The molecule has 0 spiro atoms. The molecule has 3 rings (SSSR count). The van der Waals surface area contributed by atoms with Crippen LogP contribution in [0, 0.1) is 0 Å². The van der Waals surface area contributed by atoms with Gasteiger partial charge in [0.25, 0.3) is 0 Å². The lowest BCUT2D eigenvalue weighted by molar-refractivity contribution is 0.103. The Balaban J connectivity index is 1.90. The number of benzene rings is 1. The van der Waals surface area contributed by atoms with E-state index in [0.717, 1.165) is 16.5 Å². The highest BCUT2D eigenvalue weighted by atomic mass is 35.5. The van der Waals surface area contributed by atoms with E-state index < -0.39 is 0 Å². The summed E-state index contributed by atoms with van der Waals surface area (Å²) in [7, 11) is 0. The number of ketones is 1. The molecule has 1 N–H and O–H groups in total. The highest BCUT2D eigenvalue weighted by Crippen LogP contribution is 2.24. The third-order valence-corrected chi connectivity index (χ3v) is 3.97. The predicted molar refractivity (Wildman–Crippen MR) is 102 cm³/mol. The molecule has 0 fully saturated rings. The Morgan fingerprint density at radius 3 is 2.84 bits per heavy atom. The number of aromatic nitrogens is 3. The van der Waals surface area contributed by atoms with E-state index in [1.165, 1.54) is 0 Å². The number of fused-ring (bicyclic) bond motifs is 1. The zero-order valence-electron chi connectivity index (χ0n) is 13.7. The number of allylic oxidation sites excluding steroid dienone is 4. The van der Waals surface area contributed by atoms with Crippen molar-refractivity contribution in [1.82, 2.24) is 14.5 Å². The van der Waals surface area contributed by atoms with Crippen molar-refractivity contribution in [3.63, 3.8) is 0 Å². The Labute approximate surface area is 151 Å². The molecule has 2 heterocycles. The third kappa shape index (κ3) is 3.80. The van der Waals surface area contributed by atoms with Gasteiger partial charge in [0.05, 0.1) is 5.56 Å². The maximum atomic E-state index is 12.7. The molecule has 0 aliphatic rings. The van der Waals surface area contributed by atoms with Gasteiger partial charge in [-0.3, -0.25) is 4.79 Å². The summed E-state index contributed by atoms with van der Waals surface area (Å²) in [6.07, 6.45) is 9.46. The second-order valence-electron chi connectivity index (χ2n) is 5.76. The first kappa shape index (κ1) is 17.0. The molecule has 0 aliphatic carbocycles. The van der Waals surface area contributed by atoms with Crippen LogP contribution in [0.2, 0.25) is 0 Å². The van der Waals surface area contributed by atoms with Crippen LogP contribution in [0.4, 0.5) is 0 Å². The lowest BCUT2D eigenvalue weighted by Crippen LogP contribution is -2.03. The number of aromatic amines is 1. The summed E-state index contributed by atoms with van der Waals surface area (Å²) in [5.74, 6) is 0.217. The molecule has 0 aliphatic heterocycles. The van der Waals surface area contributed by atoms with E-state index in [1.54, 1.807) is 18.5 Å². The molecule has 0 unspecified atom stereocenters. The molecular weight excluding hydrogens is 334 g/mol. The van der Waals surface area contributed by atoms with Gasteiger partial charge in [-0.25, -0.2) is 4.98 Å². The van der Waals surface area contributed by atoms with Gasteiger partial charge in [-0.05, 0) is 18.6 Å². The van der Waals surface area contributed by atoms with Crippen LogP contribution in [0.25, 0.3) is 10.9 Å². The zero-order chi connectivity index (χ0) is 17.8. The van der Waals surface area contributed by atoms with Crippen LogP contribution in [0.1, 0.15) is 22.6 Å². The number of nitrogens with zero attached hydrogens (tertiary/aromatic N) is 2. The summed E-state index contributed by atoms with van der Waals surface area (Å²) in [5, 5.41) is 1.40. The molecule has 0 radical (unpaired) electrons. The maximum absolute atomic E-state index is 12.7. The standard InChI is InChI=1S/C20H18ClN3O/c1-14(6-5-7-15(2)21)12-24-13-17(16-8-3-4-9-18(16)24)19(25)20-22-10-11-23-20/h3-5,7-11,13H,1-2,6,12H2,(H,22,23)/b7-5-. The molecule has 25 heavy (non-hydrogen) atoms. The van der Waals surface area contributed by atoms with E-state index in [2.05, 4.69) is 23.1 Å². The van der Waals surface area contributed by atoms with Crippen molar-refractivity contribution >= 4 is 28.3 Å². The molecule has 2 aromatic heterocycles. The van der Waals surface area contributed by atoms with Crippen molar-refractivity contribution in [3.8, 4) is 0 Å². The van der Waals surface area contributed by atoms with Gasteiger partial charge in [0.1, 0.15) is 0 Å². The minimum atomic E-state index is -0.121. The fraction of sp³-hybridized carbons (Fsp3) is 0.100. The molecule has 0 saturated heterocycles. The highest BCUT2D eigenvalue weighted by Gasteiger charge is 2.18. The van der Waals surface area contributed by atoms with Crippen LogP contribution in [-0.4, -0.2) is 20.3 Å². The summed E-state index contributed by atoms with van der Waals surface area (Å²) >= 11 is 5.72. The summed E-state index contributed by atoms with van der Waals surface area (Å²) in [6.45, 7) is 8.35. The van der Waals surface area contributed by atoms with E-state index in [4.69, 9.17) is 11.6 Å². The first-order valence-corrected chi connectivity index (χ1v) is 8.23. The molecule has 0 atom stereocenters. The third-order valence-electron chi connectivity index (χ3n) is 3.85. The first-order valence-electron chi connectivity index (χ1n) is 7.86. The molecule has 4 nitrogen and oxygen atoms in total. The van der Waals surface area contributed by atoms with Crippen molar-refractivity contribution in [1.29, 1.82) is 0 Å². The minimum Gasteiger partial charge on any atom is -0.343 e. The Hall–Kier alpha value is -2.85. The van der Waals surface area contributed by atoms with E-state index in [0.29, 0.717) is 29.4 Å². The number of para-hydroxylation sites is 1. The Bertz CT molecular complexity index is 964. The molecule has 0 amide bonds. The summed E-state index contributed by atoms with van der Waals surface area (Å²) < 4.78 is 2.04. The molecule has 0 bridgehead atoms. The van der Waals surface area contributed by atoms with E-state index >= 15 is 0 Å². The van der Waals surface area contributed by atoms with Crippen LogP contribution in [0.3, 0.4) is 0 Å². The highest BCUT2D eigenvalue weighted by molar-refractivity contribution is 6.30. The lowest BCUT2D eigenvalue weighted by atomic mass is 10.1. The average molecular weight is 352 g/mol.